The van der Waals surface area contributed by atoms with E-state index in [9.17, 15) is 13.2 Å². The highest BCUT2D eigenvalue weighted by molar-refractivity contribution is 7.90. The van der Waals surface area contributed by atoms with Crippen LogP contribution in [0.5, 0.6) is 5.88 Å². The second-order valence-corrected chi connectivity index (χ2v) is 9.88. The summed E-state index contributed by atoms with van der Waals surface area (Å²) in [6, 6.07) is 1.20. The summed E-state index contributed by atoms with van der Waals surface area (Å²) < 4.78 is 40.2. The number of benzene rings is 1. The third kappa shape index (κ3) is 3.72. The highest BCUT2D eigenvalue weighted by Gasteiger charge is 2.32. The molecule has 2 amide bonds. The van der Waals surface area contributed by atoms with Gasteiger partial charge in [0.25, 0.3) is 10.0 Å². The maximum absolute atomic E-state index is 12.9. The maximum atomic E-state index is 12.9. The third-order valence-electron chi connectivity index (χ3n) is 6.20. The van der Waals surface area contributed by atoms with Crippen molar-refractivity contribution in [1.82, 2.24) is 14.5 Å². The Morgan fingerprint density at radius 1 is 1.25 bits per heavy atom. The van der Waals surface area contributed by atoms with Gasteiger partial charge in [-0.25, -0.2) is 22.6 Å². The number of hydrogen-bond donors (Lipinski definition) is 2. The number of anilines is 1. The van der Waals surface area contributed by atoms with Crippen LogP contribution in [0.25, 0.3) is 0 Å². The fraction of sp³-hybridized carbons (Fsp3) is 0.455. The summed E-state index contributed by atoms with van der Waals surface area (Å²) >= 11 is 0. The van der Waals surface area contributed by atoms with Gasteiger partial charge in [-0.2, -0.15) is 5.10 Å². The Hall–Kier alpha value is -3.03. The lowest BCUT2D eigenvalue weighted by molar-refractivity contribution is 0.00159. The molecule has 0 bridgehead atoms. The van der Waals surface area contributed by atoms with E-state index in [1.807, 2.05) is 6.07 Å². The lowest BCUT2D eigenvalue weighted by atomic mass is 9.98. The Kier molecular flexibility index (Phi) is 5.31. The van der Waals surface area contributed by atoms with Gasteiger partial charge in [0.1, 0.15) is 19.3 Å². The molecule has 2 aromatic rings. The van der Waals surface area contributed by atoms with Crippen LogP contribution in [0.15, 0.2) is 17.2 Å². The second-order valence-electron chi connectivity index (χ2n) is 8.23. The first kappa shape index (κ1) is 20.8. The summed E-state index contributed by atoms with van der Waals surface area (Å²) in [7, 11) is -4.18. The zero-order valence-corrected chi connectivity index (χ0v) is 18.3. The van der Waals surface area contributed by atoms with Crippen LogP contribution in [-0.4, -0.2) is 43.5 Å². The van der Waals surface area contributed by atoms with Gasteiger partial charge in [-0.1, -0.05) is 5.92 Å². The van der Waals surface area contributed by atoms with E-state index in [1.165, 1.54) is 27.6 Å². The molecule has 9 nitrogen and oxygen atoms in total. The average Bonchev–Trinajstić information content (AvgIpc) is 3.49. The minimum Gasteiger partial charge on any atom is -0.474 e. The Labute approximate surface area is 186 Å². The topological polar surface area (TPSA) is 112 Å². The van der Waals surface area contributed by atoms with Crippen molar-refractivity contribution in [1.29, 1.82) is 0 Å². The number of nitrogens with zero attached hydrogens (tertiary/aromatic N) is 2. The number of urea groups is 1. The first-order valence-electron chi connectivity index (χ1n) is 10.7. The molecule has 5 rings (SSSR count). The van der Waals surface area contributed by atoms with E-state index >= 15 is 0 Å². The van der Waals surface area contributed by atoms with Gasteiger partial charge in [0.05, 0.1) is 12.7 Å². The molecule has 0 saturated heterocycles. The van der Waals surface area contributed by atoms with E-state index in [1.54, 1.807) is 0 Å². The number of aromatic nitrogens is 2. The number of sulfonamides is 1. The molecule has 0 fully saturated rings. The normalized spacial score (nSPS) is 18.8. The van der Waals surface area contributed by atoms with Gasteiger partial charge >= 0.3 is 6.03 Å². The number of ether oxygens (including phenoxy) is 2. The standard InChI is InChI=1S/C22H24N4O5S/c1-2-9-30-15-12-26-21(31-13-15)20(11-23-26)32(28,29)25-22(27)24-19-10-14-5-3-6-16(14)17-7-4-8-18(17)19/h1,10-11,15H,3-9,12-13H2,(H2,24,25,27). The summed E-state index contributed by atoms with van der Waals surface area (Å²) in [5, 5.41) is 6.83. The maximum Gasteiger partial charge on any atom is 0.333 e. The van der Waals surface area contributed by atoms with Crippen molar-refractivity contribution in [3.63, 3.8) is 0 Å². The Morgan fingerprint density at radius 3 is 2.88 bits per heavy atom. The van der Waals surface area contributed by atoms with Crippen molar-refractivity contribution in [3.8, 4) is 18.2 Å². The summed E-state index contributed by atoms with van der Waals surface area (Å²) in [5.41, 5.74) is 5.84. The third-order valence-corrected chi connectivity index (χ3v) is 7.51. The molecule has 2 N–H and O–H groups in total. The Bertz CT molecular complexity index is 1230. The van der Waals surface area contributed by atoms with Crippen molar-refractivity contribution in [2.24, 2.45) is 0 Å². The zero-order chi connectivity index (χ0) is 22.3. The number of carbonyl (C=O) groups is 1. The van der Waals surface area contributed by atoms with E-state index in [2.05, 4.69) is 21.1 Å². The number of aryl methyl sites for hydroxylation is 1. The predicted molar refractivity (Wildman–Crippen MR) is 116 cm³/mol. The molecule has 1 aromatic heterocycles. The largest absolute Gasteiger partial charge is 0.474 e. The SMILES string of the molecule is C#CCOC1COc2c(S(=O)(=O)NC(=O)Nc3cc4c(c5c3CCC5)CCC4)cnn2C1. The first-order chi connectivity index (χ1) is 15.5. The van der Waals surface area contributed by atoms with Crippen molar-refractivity contribution in [3.05, 3.63) is 34.5 Å². The van der Waals surface area contributed by atoms with Crippen LogP contribution >= 0.6 is 0 Å². The predicted octanol–water partition coefficient (Wildman–Crippen LogP) is 1.78. The average molecular weight is 457 g/mol. The second kappa shape index (κ2) is 8.15. The van der Waals surface area contributed by atoms with Gasteiger partial charge in [0.15, 0.2) is 4.90 Å². The van der Waals surface area contributed by atoms with E-state index < -0.39 is 16.1 Å². The number of rotatable bonds is 5. The molecule has 168 valence electrons. The minimum absolute atomic E-state index is 0.0734. The van der Waals surface area contributed by atoms with Crippen LogP contribution < -0.4 is 14.8 Å². The molecule has 0 radical (unpaired) electrons. The highest BCUT2D eigenvalue weighted by Crippen LogP contribution is 2.38. The van der Waals surface area contributed by atoms with Crippen LogP contribution in [0.1, 0.15) is 35.1 Å². The van der Waals surface area contributed by atoms with Gasteiger partial charge in [-0.05, 0) is 66.8 Å². The van der Waals surface area contributed by atoms with Crippen LogP contribution in [0, 0.1) is 12.3 Å². The van der Waals surface area contributed by atoms with E-state index in [-0.39, 0.29) is 30.1 Å². The molecule has 1 aromatic carbocycles. The summed E-state index contributed by atoms with van der Waals surface area (Å²) in [5.74, 6) is 2.45. The molecule has 0 spiro atoms. The molecular formula is C22H24N4O5S. The molecule has 2 heterocycles. The fourth-order valence-electron chi connectivity index (χ4n) is 4.84. The van der Waals surface area contributed by atoms with E-state index in [4.69, 9.17) is 15.9 Å². The van der Waals surface area contributed by atoms with Gasteiger partial charge < -0.3 is 14.8 Å². The van der Waals surface area contributed by atoms with Gasteiger partial charge in [-0.15, -0.1) is 6.42 Å². The van der Waals surface area contributed by atoms with Crippen molar-refractivity contribution in [2.45, 2.75) is 56.1 Å². The van der Waals surface area contributed by atoms with Gasteiger partial charge in [0.2, 0.25) is 5.88 Å². The van der Waals surface area contributed by atoms with E-state index in [0.717, 1.165) is 44.1 Å². The molecular weight excluding hydrogens is 432 g/mol. The Balaban J connectivity index is 1.32. The van der Waals surface area contributed by atoms with Gasteiger partial charge in [-0.3, -0.25) is 0 Å². The molecule has 2 aliphatic carbocycles. The smallest absolute Gasteiger partial charge is 0.333 e. The molecule has 3 aliphatic rings. The Morgan fingerprint density at radius 2 is 2.03 bits per heavy atom. The minimum atomic E-state index is -4.18. The number of fused-ring (bicyclic) bond motifs is 4. The molecule has 1 aliphatic heterocycles. The van der Waals surface area contributed by atoms with Crippen LogP contribution in [0.2, 0.25) is 0 Å². The number of carbonyl (C=O) groups excluding carboxylic acids is 1. The molecule has 1 atom stereocenters. The summed E-state index contributed by atoms with van der Waals surface area (Å²) in [4.78, 5) is 12.5. The number of terminal acetylenes is 1. The number of nitrogens with one attached hydrogen (secondary N) is 2. The van der Waals surface area contributed by atoms with E-state index in [0.29, 0.717) is 12.2 Å². The van der Waals surface area contributed by atoms with Gasteiger partial charge in [0, 0.05) is 5.69 Å². The number of amides is 2. The molecule has 1 unspecified atom stereocenters. The highest BCUT2D eigenvalue weighted by atomic mass is 32.2. The number of hydrogen-bond acceptors (Lipinski definition) is 6. The quantitative estimate of drug-likeness (QED) is 0.664. The first-order valence-corrected chi connectivity index (χ1v) is 12.2. The van der Waals surface area contributed by atoms with Crippen LogP contribution in [-0.2, 0) is 47.0 Å². The van der Waals surface area contributed by atoms with Crippen molar-refractivity contribution in [2.75, 3.05) is 18.5 Å². The molecule has 0 saturated carbocycles. The molecule has 32 heavy (non-hydrogen) atoms. The summed E-state index contributed by atoms with van der Waals surface area (Å²) in [6.07, 6.45) is 12.2. The van der Waals surface area contributed by atoms with Crippen molar-refractivity contribution < 1.29 is 22.7 Å². The lowest BCUT2D eigenvalue weighted by Crippen LogP contribution is -2.36. The van der Waals surface area contributed by atoms with Crippen LogP contribution in [0.4, 0.5) is 10.5 Å². The summed E-state index contributed by atoms with van der Waals surface area (Å²) in [6.45, 7) is 0.577. The monoisotopic (exact) mass is 456 g/mol. The zero-order valence-electron chi connectivity index (χ0n) is 17.5. The van der Waals surface area contributed by atoms with Crippen LogP contribution in [0.3, 0.4) is 0 Å². The molecule has 10 heteroatoms. The van der Waals surface area contributed by atoms with Crippen molar-refractivity contribution >= 4 is 21.7 Å². The fourth-order valence-corrected chi connectivity index (χ4v) is 5.83. The lowest BCUT2D eigenvalue weighted by Gasteiger charge is -2.24.